The maximum absolute atomic E-state index is 11.9. The molecule has 9 nitrogen and oxygen atoms in total. The van der Waals surface area contributed by atoms with Gasteiger partial charge in [-0.15, -0.1) is 10.2 Å². The van der Waals surface area contributed by atoms with Crippen molar-refractivity contribution in [3.05, 3.63) is 17.2 Å². The summed E-state index contributed by atoms with van der Waals surface area (Å²) in [6.45, 7) is 5.65. The zero-order valence-electron chi connectivity index (χ0n) is 13.1. The zero-order chi connectivity index (χ0) is 16.8. The second-order valence-electron chi connectivity index (χ2n) is 5.23. The van der Waals surface area contributed by atoms with Gasteiger partial charge in [0.25, 0.3) is 0 Å². The van der Waals surface area contributed by atoms with Crippen LogP contribution in [-0.4, -0.2) is 32.2 Å². The van der Waals surface area contributed by atoms with Crippen LogP contribution < -0.4 is 10.6 Å². The van der Waals surface area contributed by atoms with Crippen molar-refractivity contribution < 1.29 is 14.1 Å². The zero-order valence-corrected chi connectivity index (χ0v) is 13.9. The van der Waals surface area contributed by atoms with E-state index in [2.05, 4.69) is 31.0 Å². The highest BCUT2D eigenvalue weighted by atomic mass is 32.1. The highest BCUT2D eigenvalue weighted by Crippen LogP contribution is 2.15. The Morgan fingerprint density at radius 1 is 1.26 bits per heavy atom. The molecule has 0 saturated carbocycles. The molecule has 0 aromatic carbocycles. The van der Waals surface area contributed by atoms with Crippen molar-refractivity contribution in [3.63, 3.8) is 0 Å². The van der Waals surface area contributed by atoms with Gasteiger partial charge in [0.15, 0.2) is 5.82 Å². The molecule has 2 amide bonds. The minimum Gasteiger partial charge on any atom is -0.345 e. The van der Waals surface area contributed by atoms with Crippen molar-refractivity contribution in [2.24, 2.45) is 0 Å². The van der Waals surface area contributed by atoms with Gasteiger partial charge in [-0.25, -0.2) is 0 Å². The number of hydrogen-bond donors (Lipinski definition) is 2. The molecule has 0 bridgehead atoms. The third-order valence-electron chi connectivity index (χ3n) is 2.91. The number of nitrogens with zero attached hydrogens (tertiary/aromatic N) is 4. The summed E-state index contributed by atoms with van der Waals surface area (Å²) in [5.41, 5.74) is 1.51. The Labute approximate surface area is 136 Å². The summed E-state index contributed by atoms with van der Waals surface area (Å²) in [4.78, 5) is 27.7. The first kappa shape index (κ1) is 17.0. The first-order valence-electron chi connectivity index (χ1n) is 7.14. The summed E-state index contributed by atoms with van der Waals surface area (Å²) in [7, 11) is 0. The van der Waals surface area contributed by atoms with E-state index >= 15 is 0 Å². The van der Waals surface area contributed by atoms with Crippen LogP contribution in [-0.2, 0) is 9.59 Å². The maximum Gasteiger partial charge on any atom is 0.248 e. The average molecular weight is 338 g/mol. The smallest absolute Gasteiger partial charge is 0.248 e. The van der Waals surface area contributed by atoms with E-state index in [1.165, 1.54) is 16.8 Å². The van der Waals surface area contributed by atoms with Gasteiger partial charge in [-0.1, -0.05) is 30.3 Å². The molecule has 23 heavy (non-hydrogen) atoms. The predicted molar refractivity (Wildman–Crippen MR) is 82.7 cm³/mol. The van der Waals surface area contributed by atoms with Crippen LogP contribution in [0.25, 0.3) is 0 Å². The Morgan fingerprint density at radius 2 is 2.00 bits per heavy atom. The number of nitrogens with one attached hydrogen (secondary N) is 2. The molecule has 2 N–H and O–H groups in total. The molecule has 1 atom stereocenters. The van der Waals surface area contributed by atoms with Crippen LogP contribution in [0, 0.1) is 0 Å². The van der Waals surface area contributed by atoms with Gasteiger partial charge in [0.05, 0.1) is 0 Å². The van der Waals surface area contributed by atoms with Gasteiger partial charge in [0.2, 0.25) is 22.8 Å². The van der Waals surface area contributed by atoms with Crippen LogP contribution in [0.4, 0.5) is 5.13 Å². The second kappa shape index (κ2) is 7.77. The van der Waals surface area contributed by atoms with Crippen molar-refractivity contribution in [1.82, 2.24) is 25.7 Å². The fraction of sp³-hybridized carbons (Fsp3) is 0.538. The maximum atomic E-state index is 11.9. The van der Waals surface area contributed by atoms with Gasteiger partial charge in [-0.2, -0.15) is 4.98 Å². The molecular weight excluding hydrogens is 320 g/mol. The van der Waals surface area contributed by atoms with Gasteiger partial charge >= 0.3 is 0 Å². The van der Waals surface area contributed by atoms with Gasteiger partial charge in [-0.3, -0.25) is 9.59 Å². The molecule has 124 valence electrons. The first-order chi connectivity index (χ1) is 11.0. The molecule has 0 aliphatic carbocycles. The van der Waals surface area contributed by atoms with Crippen LogP contribution in [0.2, 0.25) is 0 Å². The van der Waals surface area contributed by atoms with Crippen LogP contribution in [0.5, 0.6) is 0 Å². The third kappa shape index (κ3) is 5.09. The molecule has 2 heterocycles. The minimum atomic E-state index is -0.409. The largest absolute Gasteiger partial charge is 0.345 e. The molecule has 2 rings (SSSR count). The number of carbonyl (C=O) groups excluding carboxylic acids is 2. The number of anilines is 1. The molecule has 2 aromatic heterocycles. The number of amides is 2. The predicted octanol–water partition coefficient (Wildman–Crippen LogP) is 1.64. The molecule has 0 spiro atoms. The standard InChI is InChI=1S/C13H18N6O3S/c1-7(2)11-17-12(22-19-11)8(3)15-9(20)4-5-10(21)16-13-18-14-6-23-13/h6-8H,4-5H2,1-3H3,(H,15,20)(H,16,18,21)/t8-/m0/s1. The minimum absolute atomic E-state index is 0.0548. The summed E-state index contributed by atoms with van der Waals surface area (Å²) < 4.78 is 5.12. The molecule has 0 aliphatic heterocycles. The molecular formula is C13H18N6O3S. The van der Waals surface area contributed by atoms with E-state index in [0.29, 0.717) is 16.8 Å². The van der Waals surface area contributed by atoms with E-state index in [1.54, 1.807) is 6.92 Å². The molecule has 0 fully saturated rings. The number of rotatable bonds is 7. The quantitative estimate of drug-likeness (QED) is 0.786. The van der Waals surface area contributed by atoms with Gasteiger partial charge in [0, 0.05) is 18.8 Å². The second-order valence-corrected chi connectivity index (χ2v) is 6.06. The SMILES string of the molecule is CC(C)c1noc([C@H](C)NC(=O)CCC(=O)Nc2nncs2)n1. The van der Waals surface area contributed by atoms with Gasteiger partial charge < -0.3 is 15.2 Å². The van der Waals surface area contributed by atoms with Crippen LogP contribution in [0.15, 0.2) is 10.0 Å². The molecule has 0 radical (unpaired) electrons. The Morgan fingerprint density at radius 3 is 2.61 bits per heavy atom. The summed E-state index contributed by atoms with van der Waals surface area (Å²) in [6.07, 6.45) is 0.110. The Balaban J connectivity index is 1.76. The van der Waals surface area contributed by atoms with Crippen LogP contribution in [0.3, 0.4) is 0 Å². The lowest BCUT2D eigenvalue weighted by Crippen LogP contribution is -2.27. The third-order valence-corrected chi connectivity index (χ3v) is 3.51. The molecule has 0 aliphatic rings. The first-order valence-corrected chi connectivity index (χ1v) is 8.02. The van der Waals surface area contributed by atoms with Crippen molar-refractivity contribution in [2.75, 3.05) is 5.32 Å². The number of hydrogen-bond acceptors (Lipinski definition) is 8. The van der Waals surface area contributed by atoms with Crippen LogP contribution >= 0.6 is 11.3 Å². The summed E-state index contributed by atoms with van der Waals surface area (Å²) in [5, 5.41) is 16.9. The van der Waals surface area contributed by atoms with Crippen molar-refractivity contribution in [3.8, 4) is 0 Å². The normalized spacial score (nSPS) is 12.2. The monoisotopic (exact) mass is 338 g/mol. The number of aromatic nitrogens is 4. The lowest BCUT2D eigenvalue weighted by molar-refractivity contribution is -0.125. The van der Waals surface area contributed by atoms with Crippen molar-refractivity contribution in [1.29, 1.82) is 0 Å². The van der Waals surface area contributed by atoms with E-state index in [4.69, 9.17) is 4.52 Å². The van der Waals surface area contributed by atoms with E-state index in [9.17, 15) is 9.59 Å². The van der Waals surface area contributed by atoms with E-state index in [0.717, 1.165) is 0 Å². The lowest BCUT2D eigenvalue weighted by Gasteiger charge is -2.09. The van der Waals surface area contributed by atoms with E-state index in [-0.39, 0.29) is 30.6 Å². The Hall–Kier alpha value is -2.36. The van der Waals surface area contributed by atoms with E-state index in [1.807, 2.05) is 13.8 Å². The summed E-state index contributed by atoms with van der Waals surface area (Å²) >= 11 is 1.22. The van der Waals surface area contributed by atoms with Gasteiger partial charge in [0.1, 0.15) is 11.6 Å². The fourth-order valence-corrected chi connectivity index (χ4v) is 2.13. The Bertz CT molecular complexity index is 654. The lowest BCUT2D eigenvalue weighted by atomic mass is 10.2. The fourth-order valence-electron chi connectivity index (χ4n) is 1.67. The molecule has 0 unspecified atom stereocenters. The highest BCUT2D eigenvalue weighted by molar-refractivity contribution is 7.13. The van der Waals surface area contributed by atoms with Crippen LogP contribution in [0.1, 0.15) is 57.3 Å². The topological polar surface area (TPSA) is 123 Å². The van der Waals surface area contributed by atoms with Gasteiger partial charge in [-0.05, 0) is 6.92 Å². The molecule has 0 saturated heterocycles. The summed E-state index contributed by atoms with van der Waals surface area (Å²) in [6, 6.07) is -0.409. The molecule has 10 heteroatoms. The number of carbonyl (C=O) groups is 2. The van der Waals surface area contributed by atoms with Crippen molar-refractivity contribution >= 4 is 28.3 Å². The highest BCUT2D eigenvalue weighted by Gasteiger charge is 2.18. The molecule has 2 aromatic rings. The summed E-state index contributed by atoms with van der Waals surface area (Å²) in [5.74, 6) is 0.538. The average Bonchev–Trinajstić information content (AvgIpc) is 3.16. The van der Waals surface area contributed by atoms with Crippen molar-refractivity contribution in [2.45, 2.75) is 45.6 Å². The van der Waals surface area contributed by atoms with E-state index < -0.39 is 6.04 Å². The Kier molecular flexibility index (Phi) is 5.74.